The Morgan fingerprint density at radius 1 is 1.00 bits per heavy atom. The van der Waals surface area contributed by atoms with Crippen LogP contribution in [0.15, 0.2) is 24.3 Å². The van der Waals surface area contributed by atoms with Gasteiger partial charge in [-0.25, -0.2) is 0 Å². The van der Waals surface area contributed by atoms with Gasteiger partial charge in [0.1, 0.15) is 0 Å². The number of hydrogen-bond acceptors (Lipinski definition) is 1. The molecule has 0 aliphatic heterocycles. The van der Waals surface area contributed by atoms with Crippen molar-refractivity contribution in [1.29, 1.82) is 0 Å². The minimum absolute atomic E-state index is 0.857. The fraction of sp³-hybridized carbons (Fsp3) is 0.647. The maximum atomic E-state index is 15.8. The number of rotatable bonds is 9. The molecule has 0 heterocycles. The van der Waals surface area contributed by atoms with Crippen LogP contribution in [0.2, 0.25) is 8.87 Å². The number of nitrogens with zero attached hydrogens (tertiary/aromatic N) is 1. The van der Waals surface area contributed by atoms with E-state index in [4.69, 9.17) is 0 Å². The van der Waals surface area contributed by atoms with E-state index in [-0.39, 0.29) is 0 Å². The van der Waals surface area contributed by atoms with Gasteiger partial charge in [-0.15, -0.1) is 0 Å². The van der Waals surface area contributed by atoms with E-state index in [2.05, 4.69) is 45.0 Å². The molecule has 0 aliphatic carbocycles. The average Bonchev–Trinajstić information content (AvgIpc) is 2.43. The molecular weight excluding hydrogens is 356 g/mol. The van der Waals surface area contributed by atoms with Crippen LogP contribution in [0.5, 0.6) is 0 Å². The molecule has 114 valence electrons. The topological polar surface area (TPSA) is 3.24 Å². The maximum absolute atomic E-state index is 15.8. The predicted octanol–water partition coefficient (Wildman–Crippen LogP) is 4.47. The molecule has 3 heteroatoms. The number of halogens is 1. The summed E-state index contributed by atoms with van der Waals surface area (Å²) < 4.78 is 18.6. The third-order valence-corrected chi connectivity index (χ3v) is 14.5. The zero-order chi connectivity index (χ0) is 15.0. The van der Waals surface area contributed by atoms with Crippen molar-refractivity contribution in [1.82, 2.24) is 4.90 Å². The number of hydrogen-bond donors (Lipinski definition) is 0. The van der Waals surface area contributed by atoms with Crippen LogP contribution in [-0.4, -0.2) is 37.9 Å². The summed E-state index contributed by atoms with van der Waals surface area (Å²) in [6.45, 7) is 5.19. The molecule has 0 bridgehead atoms. The third kappa shape index (κ3) is 5.36. The molecule has 1 aromatic carbocycles. The Labute approximate surface area is 129 Å². The van der Waals surface area contributed by atoms with Crippen molar-refractivity contribution >= 4 is 22.5 Å². The van der Waals surface area contributed by atoms with Crippen molar-refractivity contribution in [3.05, 3.63) is 29.8 Å². The molecule has 1 nitrogen and oxygen atoms in total. The molecule has 0 saturated heterocycles. The van der Waals surface area contributed by atoms with E-state index < -0.39 is 18.9 Å². The van der Waals surface area contributed by atoms with Gasteiger partial charge in [-0.1, -0.05) is 0 Å². The van der Waals surface area contributed by atoms with E-state index in [1.807, 2.05) is 12.1 Å². The van der Waals surface area contributed by atoms with Crippen LogP contribution in [0.1, 0.15) is 45.1 Å². The first-order valence-corrected chi connectivity index (χ1v) is 14.5. The third-order valence-electron chi connectivity index (χ3n) is 3.84. The molecule has 0 aliphatic rings. The van der Waals surface area contributed by atoms with E-state index in [1.165, 1.54) is 5.56 Å². The van der Waals surface area contributed by atoms with Gasteiger partial charge in [-0.2, -0.15) is 0 Å². The first-order chi connectivity index (χ1) is 9.53. The minimum atomic E-state index is -3.65. The zero-order valence-corrected chi connectivity index (χ0v) is 16.4. The van der Waals surface area contributed by atoms with Gasteiger partial charge in [0.05, 0.1) is 0 Å². The van der Waals surface area contributed by atoms with Crippen molar-refractivity contribution in [2.75, 3.05) is 14.1 Å². The van der Waals surface area contributed by atoms with Gasteiger partial charge in [0.15, 0.2) is 0 Å². The summed E-state index contributed by atoms with van der Waals surface area (Å²) in [7, 11) is 4.12. The standard InChI is InChI=1S/C9H12N.2C4H9.FH.Sn/c1-10(2)8-9-6-4-3-5-7-9;2*1-3-4-2;;/h3-6H,8H2,1-2H3;2*1,3-4H2,2H3;1H;/q;;;;+1/p-1. The summed E-state index contributed by atoms with van der Waals surface area (Å²) in [6, 6.07) is 8.28. The summed E-state index contributed by atoms with van der Waals surface area (Å²) >= 11 is -3.65. The molecule has 0 amide bonds. The molecule has 1 aromatic rings. The first-order valence-electron chi connectivity index (χ1n) is 7.95. The molecule has 0 spiro atoms. The molecule has 20 heavy (non-hydrogen) atoms. The summed E-state index contributed by atoms with van der Waals surface area (Å²) in [5.74, 6) is 0. The normalized spacial score (nSPS) is 12.1. The molecule has 0 atom stereocenters. The summed E-state index contributed by atoms with van der Waals surface area (Å²) in [5.41, 5.74) is 1.23. The van der Waals surface area contributed by atoms with Crippen molar-refractivity contribution in [2.24, 2.45) is 0 Å². The van der Waals surface area contributed by atoms with Crippen LogP contribution >= 0.6 is 0 Å². The van der Waals surface area contributed by atoms with Crippen LogP contribution in [0, 0.1) is 0 Å². The van der Waals surface area contributed by atoms with Crippen LogP contribution in [0.4, 0.5) is 2.87 Å². The Hall–Kier alpha value is -0.0913. The molecule has 0 saturated carbocycles. The molecule has 0 aromatic heterocycles. The Morgan fingerprint density at radius 2 is 1.55 bits per heavy atom. The van der Waals surface area contributed by atoms with Crippen LogP contribution in [0.3, 0.4) is 0 Å². The first kappa shape index (κ1) is 18.0. The van der Waals surface area contributed by atoms with E-state index in [0.29, 0.717) is 0 Å². The molecule has 1 rings (SSSR count). The summed E-state index contributed by atoms with van der Waals surface area (Å²) in [5, 5.41) is 0. The zero-order valence-electron chi connectivity index (χ0n) is 13.6. The second kappa shape index (κ2) is 9.03. The molecule has 0 unspecified atom stereocenters. The van der Waals surface area contributed by atoms with Crippen molar-refractivity contribution in [3.8, 4) is 0 Å². The van der Waals surface area contributed by atoms with Crippen molar-refractivity contribution < 1.29 is 2.87 Å². The second-order valence-electron chi connectivity index (χ2n) is 6.07. The van der Waals surface area contributed by atoms with Crippen molar-refractivity contribution in [3.63, 3.8) is 0 Å². The van der Waals surface area contributed by atoms with Gasteiger partial charge < -0.3 is 0 Å². The van der Waals surface area contributed by atoms with Gasteiger partial charge in [-0.3, -0.25) is 0 Å². The molecule has 0 N–H and O–H groups in total. The quantitative estimate of drug-likeness (QED) is 0.567. The van der Waals surface area contributed by atoms with E-state index in [1.54, 1.807) is 0 Å². The van der Waals surface area contributed by atoms with Gasteiger partial charge in [0, 0.05) is 0 Å². The van der Waals surface area contributed by atoms with Gasteiger partial charge in [0.2, 0.25) is 0 Å². The Bertz CT molecular complexity index is 384. The van der Waals surface area contributed by atoms with Crippen LogP contribution in [0.25, 0.3) is 0 Å². The molecule has 0 fully saturated rings. The molecule has 0 radical (unpaired) electrons. The Balaban J connectivity index is 3.05. The number of benzene rings is 1. The van der Waals surface area contributed by atoms with E-state index >= 15 is 2.87 Å². The van der Waals surface area contributed by atoms with Crippen LogP contribution < -0.4 is 3.58 Å². The summed E-state index contributed by atoms with van der Waals surface area (Å²) in [4.78, 5) is 2.14. The van der Waals surface area contributed by atoms with E-state index in [9.17, 15) is 0 Å². The predicted molar refractivity (Wildman–Crippen MR) is 89.8 cm³/mol. The van der Waals surface area contributed by atoms with Gasteiger partial charge in [-0.05, 0) is 0 Å². The summed E-state index contributed by atoms with van der Waals surface area (Å²) in [6.07, 6.45) is 4.30. The molecular formula is C17H30FNSn. The Kier molecular flexibility index (Phi) is 8.11. The van der Waals surface area contributed by atoms with E-state index in [0.717, 1.165) is 44.7 Å². The van der Waals surface area contributed by atoms with Gasteiger partial charge in [0.25, 0.3) is 0 Å². The second-order valence-corrected chi connectivity index (χ2v) is 16.0. The number of unbranched alkanes of at least 4 members (excludes halogenated alkanes) is 2. The SMILES string of the molecule is CCC[CH2][Sn]([F])([CH2]CCC)[c]1ccccc1CN(C)C. The van der Waals surface area contributed by atoms with Crippen LogP contribution in [-0.2, 0) is 6.54 Å². The average molecular weight is 386 g/mol. The monoisotopic (exact) mass is 387 g/mol. The fourth-order valence-corrected chi connectivity index (χ4v) is 13.4. The van der Waals surface area contributed by atoms with Crippen molar-refractivity contribution in [2.45, 2.75) is 54.9 Å². The Morgan fingerprint density at radius 3 is 2.05 bits per heavy atom. The van der Waals surface area contributed by atoms with Gasteiger partial charge >= 0.3 is 129 Å². The fourth-order valence-electron chi connectivity index (χ4n) is 2.74.